The molecule has 0 spiro atoms. The molecular weight excluding hydrogens is 1250 g/mol. The fraction of sp³-hybridized carbons (Fsp3) is 0.945. The Morgan fingerprint density at radius 2 is 0.918 bits per heavy atom. The van der Waals surface area contributed by atoms with Gasteiger partial charge in [-0.2, -0.15) is 0 Å². The number of hydrogen-bond acceptors (Lipinski definition) is 24. The van der Waals surface area contributed by atoms with Gasteiger partial charge in [-0.05, 0) is 230 Å². The number of ether oxygens (including phenoxy) is 5. The van der Waals surface area contributed by atoms with Crippen LogP contribution in [-0.2, 0) is 38.1 Å². The molecule has 4 unspecified atom stereocenters. The normalized spacial score (nSPS) is 29.6. The Kier molecular flexibility index (Phi) is 57.9. The van der Waals surface area contributed by atoms with Gasteiger partial charge in [0.2, 0.25) is 5.91 Å². The lowest BCUT2D eigenvalue weighted by Crippen LogP contribution is -2.59. The highest BCUT2D eigenvalue weighted by Crippen LogP contribution is 2.24. The Bertz CT molecular complexity index is 1840. The van der Waals surface area contributed by atoms with Gasteiger partial charge in [-0.25, -0.2) is 0 Å². The molecule has 2 saturated heterocycles. The Balaban J connectivity index is 0.000000552. The number of nitrogens with two attached hydrogens (primary N) is 2. The van der Waals surface area contributed by atoms with Gasteiger partial charge in [0.15, 0.2) is 0 Å². The minimum absolute atomic E-state index is 0.00798. The lowest BCUT2D eigenvalue weighted by molar-refractivity contribution is -0.149. The maximum atomic E-state index is 11.8. The predicted octanol–water partition coefficient (Wildman–Crippen LogP) is 4.94. The third-order valence-electron chi connectivity index (χ3n) is 21.2. The Labute approximate surface area is 595 Å². The summed E-state index contributed by atoms with van der Waals surface area (Å²) in [6, 6.07) is 5.91. The van der Waals surface area contributed by atoms with E-state index < -0.39 is 0 Å². The number of aliphatic hydroxyl groups excluding tert-OH is 2. The highest BCUT2D eigenvalue weighted by Gasteiger charge is 2.30. The molecule has 580 valence electrons. The zero-order chi connectivity index (χ0) is 72.7. The van der Waals surface area contributed by atoms with Gasteiger partial charge < -0.3 is 103 Å². The minimum atomic E-state index is -0.284. The van der Waals surface area contributed by atoms with Crippen molar-refractivity contribution in [3.05, 3.63) is 0 Å². The molecule has 10 aliphatic rings. The Morgan fingerprint density at radius 3 is 1.32 bits per heavy atom. The number of hydrogen-bond donors (Lipinski definition) is 14. The number of likely N-dealkylation sites (N-methyl/N-ethyl adjacent to an activating group) is 3. The fourth-order valence-corrected chi connectivity index (χ4v) is 13.9. The van der Waals surface area contributed by atoms with Crippen molar-refractivity contribution in [2.24, 2.45) is 16.6 Å². The molecule has 10 rings (SSSR count). The van der Waals surface area contributed by atoms with Crippen LogP contribution in [0.15, 0.2) is 5.16 Å². The highest BCUT2D eigenvalue weighted by atomic mass is 16.5. The second-order valence-corrected chi connectivity index (χ2v) is 28.1. The number of ketones is 1. The molecule has 2 aliphatic heterocycles. The van der Waals surface area contributed by atoms with Crippen LogP contribution in [0.4, 0.5) is 0 Å². The van der Waals surface area contributed by atoms with Crippen molar-refractivity contribution in [1.29, 1.82) is 0 Å². The SMILES string of the molecule is CNC1CCC(=NO)CC1.CNC1CCC(=O)CC1.CNC1CCC(N)CC1.CNC1CCC(O)CC1.CNC1CCC(OC(=O)CN)CC1.CNC1CCC(OC)CC1.CNC1CCCCC1O.CNC1CCCCC1OC.CNC1CN(C(=O)CCN2CCOCC2)C1.COC. The number of methoxy groups -OCH3 is 3. The molecular formula is C73H152N14O11. The van der Waals surface area contributed by atoms with Crippen molar-refractivity contribution >= 4 is 23.4 Å². The van der Waals surface area contributed by atoms with Crippen LogP contribution in [0.5, 0.6) is 0 Å². The predicted molar refractivity (Wildman–Crippen MR) is 400 cm³/mol. The number of carbonyl (C=O) groups excluding carboxylic acids is 3. The quantitative estimate of drug-likeness (QED) is 0.0553. The van der Waals surface area contributed by atoms with Gasteiger partial charge >= 0.3 is 5.97 Å². The van der Waals surface area contributed by atoms with Crippen LogP contribution in [0.3, 0.4) is 0 Å². The summed E-state index contributed by atoms with van der Waals surface area (Å²) in [6.07, 6.45) is 37.3. The smallest absolute Gasteiger partial charge is 0.319 e. The van der Waals surface area contributed by atoms with Crippen LogP contribution in [0.1, 0.15) is 212 Å². The first-order chi connectivity index (χ1) is 47.4. The largest absolute Gasteiger partial charge is 0.461 e. The first kappa shape index (κ1) is 93.4. The number of rotatable bonds is 16. The van der Waals surface area contributed by atoms with Crippen LogP contribution >= 0.6 is 0 Å². The maximum Gasteiger partial charge on any atom is 0.319 e. The van der Waals surface area contributed by atoms with E-state index in [4.69, 9.17) is 40.7 Å². The zero-order valence-electron chi connectivity index (χ0n) is 64.3. The topological polar surface area (TPSA) is 337 Å². The summed E-state index contributed by atoms with van der Waals surface area (Å²) in [7, 11) is 24.7. The third-order valence-corrected chi connectivity index (χ3v) is 21.2. The summed E-state index contributed by atoms with van der Waals surface area (Å²) in [6.45, 7) is 6.16. The molecule has 4 atom stereocenters. The third kappa shape index (κ3) is 44.1. The number of aliphatic hydroxyl groups is 2. The molecule has 0 bridgehead atoms. The second-order valence-electron chi connectivity index (χ2n) is 28.1. The van der Waals surface area contributed by atoms with Crippen molar-refractivity contribution in [1.82, 2.24) is 57.7 Å². The Morgan fingerprint density at radius 1 is 0.510 bits per heavy atom. The van der Waals surface area contributed by atoms with E-state index in [2.05, 4.69) is 62.6 Å². The molecule has 0 aromatic carbocycles. The summed E-state index contributed by atoms with van der Waals surface area (Å²) < 4.78 is 25.2. The first-order valence-electron chi connectivity index (χ1n) is 38.2. The Hall–Kier alpha value is -2.64. The first-order valence-corrected chi connectivity index (χ1v) is 38.2. The molecule has 25 nitrogen and oxygen atoms in total. The molecule has 98 heavy (non-hydrogen) atoms. The van der Waals surface area contributed by atoms with E-state index in [9.17, 15) is 19.5 Å². The van der Waals surface area contributed by atoms with Crippen molar-refractivity contribution in [2.75, 3.05) is 144 Å². The average molecular weight is 1400 g/mol. The van der Waals surface area contributed by atoms with Crippen molar-refractivity contribution in [3.8, 4) is 0 Å². The van der Waals surface area contributed by atoms with Gasteiger partial charge in [-0.3, -0.25) is 19.3 Å². The number of nitrogens with one attached hydrogen (secondary N) is 9. The summed E-state index contributed by atoms with van der Waals surface area (Å²) in [5.74, 6) is 0.437. The molecule has 0 aromatic heterocycles. The maximum absolute atomic E-state index is 11.8. The lowest BCUT2D eigenvalue weighted by Gasteiger charge is -2.39. The zero-order valence-corrected chi connectivity index (χ0v) is 64.3. The number of amides is 1. The van der Waals surface area contributed by atoms with Crippen molar-refractivity contribution in [3.63, 3.8) is 0 Å². The average Bonchev–Trinajstić information content (AvgIpc) is 0.888. The van der Waals surface area contributed by atoms with Crippen LogP contribution in [0, 0.1) is 0 Å². The van der Waals surface area contributed by atoms with Gasteiger partial charge in [0, 0.05) is 141 Å². The highest BCUT2D eigenvalue weighted by molar-refractivity contribution is 5.84. The van der Waals surface area contributed by atoms with E-state index in [0.29, 0.717) is 72.7 Å². The van der Waals surface area contributed by atoms with Crippen LogP contribution < -0.4 is 59.3 Å². The standard InChI is InChI=1S/C11H21N3O2.C9H18N2O2.2C8H17NO.C7H14N2O.C7H16N2.C7H15NO.C7H13NO.C7H15NO.C2H6O/c1-12-10-8-14(9-10)11(15)2-3-13-4-6-16-7-5-13;1-11-7-2-4-8(5-3-7)13-9(12)6-10;1-9-7-3-5-8(10-2)6-4-7;1-9-7-5-3-4-6-8(7)10-2;1-8-6-2-4-7(9-10)5-3-6;1-9-7-4-2-6(8)3-5-7;2*1-8-6-2-4-7(9)5-3-6;1-8-6-4-2-3-5-7(6)9;1-3-2/h10,12H,2-9H2,1H3;7-8,11H,2-6,10H2,1H3;2*7-9H,3-6H2,1-2H3;6,8,10H,2-5H2,1H3;6-7,9H,2-5,8H2,1H3;6-9H,2-5H2,1H3;6,8H,2-5H2,1H3;6-9H,2-5H2,1H3;1-2H3. The number of Topliss-reactive ketones (excluding diaryl/α,β-unsaturated/α-hetero) is 1. The van der Waals surface area contributed by atoms with Crippen LogP contribution in [0.2, 0.25) is 0 Å². The number of carbonyl (C=O) groups is 3. The monoisotopic (exact) mass is 1400 g/mol. The summed E-state index contributed by atoms with van der Waals surface area (Å²) >= 11 is 0. The second kappa shape index (κ2) is 60.7. The molecule has 2 heterocycles. The molecule has 8 saturated carbocycles. The molecule has 0 aromatic rings. The van der Waals surface area contributed by atoms with E-state index in [-0.39, 0.29) is 36.7 Å². The van der Waals surface area contributed by atoms with Crippen LogP contribution in [-0.4, -0.2) is 284 Å². The van der Waals surface area contributed by atoms with E-state index in [1.807, 2.05) is 75.4 Å². The minimum Gasteiger partial charge on any atom is -0.461 e. The molecule has 0 radical (unpaired) electrons. The number of nitrogens with zero attached hydrogens (tertiary/aromatic N) is 3. The van der Waals surface area contributed by atoms with Gasteiger partial charge in [0.1, 0.15) is 11.9 Å². The lowest BCUT2D eigenvalue weighted by atomic mass is 9.92. The van der Waals surface area contributed by atoms with E-state index in [1.54, 1.807) is 21.3 Å². The van der Waals surface area contributed by atoms with E-state index in [0.717, 1.165) is 179 Å². The van der Waals surface area contributed by atoms with Crippen molar-refractivity contribution < 1.29 is 53.5 Å². The van der Waals surface area contributed by atoms with Crippen LogP contribution in [0.25, 0.3) is 0 Å². The van der Waals surface area contributed by atoms with E-state index >= 15 is 0 Å². The summed E-state index contributed by atoms with van der Waals surface area (Å²) in [5, 5.41) is 59.0. The van der Waals surface area contributed by atoms with Crippen molar-refractivity contribution in [2.45, 2.75) is 303 Å². The molecule has 16 N–H and O–H groups in total. The summed E-state index contributed by atoms with van der Waals surface area (Å²) in [5.41, 5.74) is 11.8. The molecule has 1 amide bonds. The van der Waals surface area contributed by atoms with E-state index in [1.165, 1.54) is 89.9 Å². The molecule has 25 heteroatoms. The fourth-order valence-electron chi connectivity index (χ4n) is 13.9. The number of likely N-dealkylation sites (tertiary alicyclic amines) is 1. The number of esters is 1. The molecule has 10 fully saturated rings. The molecule has 8 aliphatic carbocycles. The van der Waals surface area contributed by atoms with Gasteiger partial charge in [-0.15, -0.1) is 0 Å². The number of oxime groups is 1. The van der Waals surface area contributed by atoms with Gasteiger partial charge in [0.05, 0.1) is 49.9 Å². The van der Waals surface area contributed by atoms with Gasteiger partial charge in [-0.1, -0.05) is 30.8 Å². The summed E-state index contributed by atoms with van der Waals surface area (Å²) in [4.78, 5) is 37.6. The number of morpholine rings is 1. The van der Waals surface area contributed by atoms with Gasteiger partial charge in [0.25, 0.3) is 0 Å².